The molecule has 1 aliphatic rings. The lowest BCUT2D eigenvalue weighted by atomic mass is 9.78. The number of carbonyl (C=O) groups is 1. The topological polar surface area (TPSA) is 170 Å². The molecule has 2 atom stereocenters. The molecule has 7 N–H and O–H groups in total. The summed E-state index contributed by atoms with van der Waals surface area (Å²) >= 11 is 0. The first kappa shape index (κ1) is 21.3. The second-order valence-corrected chi connectivity index (χ2v) is 7.96. The van der Waals surface area contributed by atoms with Gasteiger partial charge in [-0.15, -0.1) is 0 Å². The summed E-state index contributed by atoms with van der Waals surface area (Å²) in [5, 5.41) is 27.2. The summed E-state index contributed by atoms with van der Waals surface area (Å²) in [6.07, 6.45) is 0.700. The van der Waals surface area contributed by atoms with Crippen LogP contribution in [0.15, 0.2) is 0 Å². The van der Waals surface area contributed by atoms with Crippen LogP contribution in [0.2, 0.25) is 6.32 Å². The lowest BCUT2D eigenvalue weighted by molar-refractivity contribution is -0.144. The highest BCUT2D eigenvalue weighted by atomic mass is 32.2. The minimum Gasteiger partial charge on any atom is -0.480 e. The van der Waals surface area contributed by atoms with Crippen molar-refractivity contribution in [3.8, 4) is 0 Å². The second-order valence-electron chi connectivity index (χ2n) is 6.03. The molecule has 1 heterocycles. The highest BCUT2D eigenvalue weighted by Crippen LogP contribution is 2.32. The molecule has 0 spiro atoms. The Morgan fingerprint density at radius 1 is 1.46 bits per heavy atom. The fourth-order valence-electron chi connectivity index (χ4n) is 2.95. The van der Waals surface area contributed by atoms with Crippen LogP contribution in [0.25, 0.3) is 0 Å². The molecule has 0 aromatic carbocycles. The van der Waals surface area contributed by atoms with E-state index in [2.05, 4.69) is 0 Å². The quantitative estimate of drug-likeness (QED) is 0.264. The van der Waals surface area contributed by atoms with Crippen LogP contribution < -0.4 is 11.5 Å². The van der Waals surface area contributed by atoms with Crippen molar-refractivity contribution >= 4 is 23.3 Å². The van der Waals surface area contributed by atoms with Gasteiger partial charge < -0.3 is 26.6 Å². The maximum Gasteiger partial charge on any atom is 0.451 e. The average Bonchev–Trinajstić information content (AvgIpc) is 2.83. The van der Waals surface area contributed by atoms with Crippen molar-refractivity contribution in [2.45, 2.75) is 31.6 Å². The predicted molar refractivity (Wildman–Crippen MR) is 89.1 cm³/mol. The summed E-state index contributed by atoms with van der Waals surface area (Å²) in [6.45, 7) is 1.86. The average molecular weight is 366 g/mol. The van der Waals surface area contributed by atoms with Crippen LogP contribution in [0, 0.1) is 5.92 Å². The van der Waals surface area contributed by atoms with Gasteiger partial charge in [-0.1, -0.05) is 13.3 Å². The summed E-state index contributed by atoms with van der Waals surface area (Å²) in [4.78, 5) is 11.6. The van der Waals surface area contributed by atoms with Crippen LogP contribution in [-0.4, -0.2) is 83.5 Å². The van der Waals surface area contributed by atoms with Gasteiger partial charge in [-0.25, -0.2) is 0 Å². The normalized spacial score (nSPS) is 25.3. The summed E-state index contributed by atoms with van der Waals surface area (Å²) in [5.41, 5.74) is 9.73. The molecule has 1 fully saturated rings. The van der Waals surface area contributed by atoms with Crippen LogP contribution in [0.1, 0.15) is 19.8 Å². The maximum atomic E-state index is 12.7. The van der Waals surface area contributed by atoms with E-state index in [1.54, 1.807) is 6.92 Å². The third kappa shape index (κ3) is 4.66. The Bertz CT molecular complexity index is 534. The van der Waals surface area contributed by atoms with E-state index in [1.807, 2.05) is 0 Å². The maximum absolute atomic E-state index is 12.7. The summed E-state index contributed by atoms with van der Waals surface area (Å²) < 4.78 is 27.6. The zero-order chi connectivity index (χ0) is 18.5. The van der Waals surface area contributed by atoms with E-state index >= 15 is 0 Å². The fourth-order valence-corrected chi connectivity index (χ4v) is 4.69. The highest BCUT2D eigenvalue weighted by molar-refractivity contribution is 7.86. The second kappa shape index (κ2) is 8.56. The fraction of sp³-hybridized carbons (Fsp3) is 0.917. The number of rotatable bonds is 10. The Labute approximate surface area is 142 Å². The van der Waals surface area contributed by atoms with Crippen molar-refractivity contribution in [1.29, 1.82) is 0 Å². The van der Waals surface area contributed by atoms with Gasteiger partial charge in [-0.3, -0.25) is 4.79 Å². The third-order valence-corrected chi connectivity index (χ3v) is 6.41. The van der Waals surface area contributed by atoms with Gasteiger partial charge in [0.2, 0.25) is 0 Å². The van der Waals surface area contributed by atoms with E-state index in [4.69, 9.17) is 21.5 Å². The van der Waals surface area contributed by atoms with Gasteiger partial charge in [-0.2, -0.15) is 17.0 Å². The lowest BCUT2D eigenvalue weighted by Gasteiger charge is -2.27. The molecule has 0 aromatic heterocycles. The van der Waals surface area contributed by atoms with Crippen LogP contribution in [0.3, 0.4) is 0 Å². The van der Waals surface area contributed by atoms with Gasteiger partial charge >= 0.3 is 13.1 Å². The molecule has 0 radical (unpaired) electrons. The zero-order valence-corrected chi connectivity index (χ0v) is 14.7. The SMILES string of the molecule is CCN(CCN)S(=O)(=O)N1C[C@H](CCCB(O)O)[C@](N)(C(=O)O)C1. The van der Waals surface area contributed by atoms with Crippen molar-refractivity contribution in [1.82, 2.24) is 8.61 Å². The molecule has 0 unspecified atom stereocenters. The van der Waals surface area contributed by atoms with E-state index in [0.29, 0.717) is 6.42 Å². The van der Waals surface area contributed by atoms with Crippen molar-refractivity contribution in [2.24, 2.45) is 17.4 Å². The molecule has 0 aliphatic carbocycles. The van der Waals surface area contributed by atoms with Crippen molar-refractivity contribution < 1.29 is 28.4 Å². The molecule has 0 bridgehead atoms. The molecule has 1 rings (SSSR count). The number of aliphatic carboxylic acids is 1. The van der Waals surface area contributed by atoms with E-state index in [1.165, 1.54) is 4.31 Å². The number of nitrogens with zero attached hydrogens (tertiary/aromatic N) is 2. The molecule has 140 valence electrons. The molecule has 12 heteroatoms. The van der Waals surface area contributed by atoms with Gasteiger partial charge in [0.05, 0.1) is 0 Å². The van der Waals surface area contributed by atoms with Crippen LogP contribution >= 0.6 is 0 Å². The smallest absolute Gasteiger partial charge is 0.451 e. The van der Waals surface area contributed by atoms with E-state index < -0.39 is 34.8 Å². The van der Waals surface area contributed by atoms with Gasteiger partial charge in [0.15, 0.2) is 0 Å². The van der Waals surface area contributed by atoms with Crippen LogP contribution in [0.4, 0.5) is 0 Å². The predicted octanol–water partition coefficient (Wildman–Crippen LogP) is -2.52. The van der Waals surface area contributed by atoms with Crippen molar-refractivity contribution in [2.75, 3.05) is 32.7 Å². The van der Waals surface area contributed by atoms with Crippen LogP contribution in [-0.2, 0) is 15.0 Å². The summed E-state index contributed by atoms with van der Waals surface area (Å²) in [6, 6.07) is 0. The molecule has 24 heavy (non-hydrogen) atoms. The zero-order valence-electron chi connectivity index (χ0n) is 13.8. The molecule has 1 saturated heterocycles. The molecular formula is C12H27BN4O6S. The monoisotopic (exact) mass is 366 g/mol. The molecule has 10 nitrogen and oxygen atoms in total. The Morgan fingerprint density at radius 3 is 2.54 bits per heavy atom. The van der Waals surface area contributed by atoms with E-state index in [-0.39, 0.29) is 45.5 Å². The number of carboxylic acids is 1. The van der Waals surface area contributed by atoms with E-state index in [9.17, 15) is 18.3 Å². The lowest BCUT2D eigenvalue weighted by Crippen LogP contribution is -2.55. The van der Waals surface area contributed by atoms with Gasteiger partial charge in [-0.05, 0) is 12.7 Å². The first-order chi connectivity index (χ1) is 11.1. The third-order valence-electron chi connectivity index (χ3n) is 4.39. The standard InChI is InChI=1S/C12H27BN4O6S/c1-2-16(7-6-14)24(22,23)17-8-10(4-3-5-13(20)21)12(15,9-17)11(18)19/h10,20-21H,2-9,14-15H2,1H3,(H,18,19)/t10-,12-/m0/s1. The molecule has 0 amide bonds. The van der Waals surface area contributed by atoms with Crippen LogP contribution in [0.5, 0.6) is 0 Å². The van der Waals surface area contributed by atoms with Gasteiger partial charge in [0.25, 0.3) is 10.2 Å². The Hall–Kier alpha value is -0.755. The molecule has 0 aromatic rings. The van der Waals surface area contributed by atoms with E-state index in [0.717, 1.165) is 4.31 Å². The minimum atomic E-state index is -3.85. The molecule has 1 aliphatic heterocycles. The number of likely N-dealkylation sites (N-methyl/N-ethyl adjacent to an activating group) is 1. The number of carboxylic acid groups (broad SMARTS) is 1. The largest absolute Gasteiger partial charge is 0.480 e. The number of hydrogen-bond acceptors (Lipinski definition) is 7. The first-order valence-electron chi connectivity index (χ1n) is 7.93. The molecular weight excluding hydrogens is 339 g/mol. The minimum absolute atomic E-state index is 0.0201. The van der Waals surface area contributed by atoms with Crippen molar-refractivity contribution in [3.63, 3.8) is 0 Å². The first-order valence-corrected chi connectivity index (χ1v) is 9.33. The summed E-state index contributed by atoms with van der Waals surface area (Å²) in [5.74, 6) is -1.88. The van der Waals surface area contributed by atoms with Gasteiger partial charge in [0, 0.05) is 38.6 Å². The highest BCUT2D eigenvalue weighted by Gasteiger charge is 2.53. The Balaban J connectivity index is 2.95. The molecule has 0 saturated carbocycles. The van der Waals surface area contributed by atoms with Crippen molar-refractivity contribution in [3.05, 3.63) is 0 Å². The number of nitrogens with two attached hydrogens (primary N) is 2. The summed E-state index contributed by atoms with van der Waals surface area (Å²) in [7, 11) is -5.33. The Morgan fingerprint density at radius 2 is 2.08 bits per heavy atom. The number of hydrogen-bond donors (Lipinski definition) is 5. The van der Waals surface area contributed by atoms with Gasteiger partial charge in [0.1, 0.15) is 5.54 Å². The Kier molecular flexibility index (Phi) is 7.59.